The molecule has 1 heterocycles. The highest BCUT2D eigenvalue weighted by Gasteiger charge is 2.47. The lowest BCUT2D eigenvalue weighted by molar-refractivity contribution is 0.596. The van der Waals surface area contributed by atoms with Crippen LogP contribution in [0.3, 0.4) is 0 Å². The molecule has 2 aliphatic rings. The maximum Gasteiger partial charge on any atom is 0.0414 e. The second kappa shape index (κ2) is 2.41. The van der Waals surface area contributed by atoms with Crippen molar-refractivity contribution < 1.29 is 0 Å². The molecule has 1 heteroatoms. The first kappa shape index (κ1) is 8.10. The molecule has 1 fully saturated rings. The average molecular weight is 185 g/mol. The van der Waals surface area contributed by atoms with Gasteiger partial charge in [-0.3, -0.25) is 0 Å². The fourth-order valence-corrected chi connectivity index (χ4v) is 2.39. The van der Waals surface area contributed by atoms with Gasteiger partial charge in [-0.25, -0.2) is 0 Å². The third-order valence-corrected chi connectivity index (χ3v) is 3.57. The van der Waals surface area contributed by atoms with Gasteiger partial charge in [0.15, 0.2) is 0 Å². The number of benzene rings is 1. The molecule has 14 heavy (non-hydrogen) atoms. The van der Waals surface area contributed by atoms with Gasteiger partial charge in [0.05, 0.1) is 0 Å². The third-order valence-electron chi connectivity index (χ3n) is 3.57. The van der Waals surface area contributed by atoms with Gasteiger partial charge in [0, 0.05) is 16.8 Å². The molecule has 1 aromatic rings. The first-order valence-electron chi connectivity index (χ1n) is 5.26. The first-order valence-corrected chi connectivity index (χ1v) is 5.26. The Bertz CT molecular complexity index is 413. The molecule has 0 atom stereocenters. The summed E-state index contributed by atoms with van der Waals surface area (Å²) in [7, 11) is 0. The maximum atomic E-state index is 4.14. The van der Waals surface area contributed by atoms with Gasteiger partial charge >= 0.3 is 0 Å². The van der Waals surface area contributed by atoms with Gasteiger partial charge in [0.2, 0.25) is 0 Å². The normalized spacial score (nSPS) is 21.6. The highest BCUT2D eigenvalue weighted by Crippen LogP contribution is 2.56. The molecule has 0 radical (unpaired) electrons. The van der Waals surface area contributed by atoms with Crippen molar-refractivity contribution in [3.63, 3.8) is 0 Å². The molecule has 1 aliphatic carbocycles. The molecule has 0 saturated heterocycles. The van der Waals surface area contributed by atoms with Crippen molar-refractivity contribution >= 4 is 5.69 Å². The van der Waals surface area contributed by atoms with Crippen molar-refractivity contribution in [1.82, 2.24) is 0 Å². The van der Waals surface area contributed by atoms with Crippen LogP contribution < -0.4 is 5.32 Å². The molecule has 0 amide bonds. The molecular formula is C13H15N. The van der Waals surface area contributed by atoms with Gasteiger partial charge in [0.25, 0.3) is 0 Å². The summed E-state index contributed by atoms with van der Waals surface area (Å²) in [5.74, 6) is 0. The Labute approximate surface area is 84.8 Å². The third kappa shape index (κ3) is 1.02. The van der Waals surface area contributed by atoms with Crippen LogP contribution in [0.2, 0.25) is 0 Å². The van der Waals surface area contributed by atoms with Crippen LogP contribution in [-0.2, 0) is 6.42 Å². The second-order valence-electron chi connectivity index (χ2n) is 4.72. The van der Waals surface area contributed by atoms with Gasteiger partial charge in [-0.05, 0) is 37.8 Å². The van der Waals surface area contributed by atoms with Gasteiger partial charge in [-0.2, -0.15) is 0 Å². The first-order chi connectivity index (χ1) is 6.70. The molecule has 1 aliphatic heterocycles. The number of anilines is 1. The standard InChI is InChI=1S/C13H15N/c1-9-3-4-12-11(7-9)8-13(5-6-13)10(2)14-12/h3-4,7,14H,2,5-6,8H2,1H3. The monoisotopic (exact) mass is 185 g/mol. The van der Waals surface area contributed by atoms with Crippen molar-refractivity contribution in [3.05, 3.63) is 41.6 Å². The topological polar surface area (TPSA) is 12.0 Å². The van der Waals surface area contributed by atoms with E-state index in [4.69, 9.17) is 0 Å². The van der Waals surface area contributed by atoms with E-state index >= 15 is 0 Å². The summed E-state index contributed by atoms with van der Waals surface area (Å²) in [6.45, 7) is 6.30. The predicted octanol–water partition coefficient (Wildman–Crippen LogP) is 3.26. The molecule has 1 spiro atoms. The second-order valence-corrected chi connectivity index (χ2v) is 4.72. The van der Waals surface area contributed by atoms with E-state index in [2.05, 4.69) is 37.0 Å². The molecule has 1 nitrogen and oxygen atoms in total. The summed E-state index contributed by atoms with van der Waals surface area (Å²) in [5.41, 5.74) is 5.73. The van der Waals surface area contributed by atoms with Crippen LogP contribution in [0, 0.1) is 12.3 Å². The summed E-state index contributed by atoms with van der Waals surface area (Å²) in [6.07, 6.45) is 3.81. The van der Waals surface area contributed by atoms with Gasteiger partial charge in [0.1, 0.15) is 0 Å². The number of rotatable bonds is 0. The summed E-state index contributed by atoms with van der Waals surface area (Å²) < 4.78 is 0. The van der Waals surface area contributed by atoms with Crippen molar-refractivity contribution in [1.29, 1.82) is 0 Å². The zero-order valence-electron chi connectivity index (χ0n) is 8.56. The van der Waals surface area contributed by atoms with Crippen molar-refractivity contribution in [2.24, 2.45) is 5.41 Å². The Morgan fingerprint density at radius 2 is 2.14 bits per heavy atom. The van der Waals surface area contributed by atoms with Gasteiger partial charge in [-0.15, -0.1) is 0 Å². The fourth-order valence-electron chi connectivity index (χ4n) is 2.39. The van der Waals surface area contributed by atoms with E-state index in [0.29, 0.717) is 5.41 Å². The Hall–Kier alpha value is -1.24. The largest absolute Gasteiger partial charge is 0.359 e. The molecular weight excluding hydrogens is 170 g/mol. The Morgan fingerprint density at radius 3 is 2.86 bits per heavy atom. The quantitative estimate of drug-likeness (QED) is 0.654. The van der Waals surface area contributed by atoms with Crippen LogP contribution in [0.4, 0.5) is 5.69 Å². The van der Waals surface area contributed by atoms with Crippen LogP contribution in [-0.4, -0.2) is 0 Å². The summed E-state index contributed by atoms with van der Waals surface area (Å²) in [4.78, 5) is 0. The summed E-state index contributed by atoms with van der Waals surface area (Å²) in [6, 6.07) is 6.63. The maximum absolute atomic E-state index is 4.14. The lowest BCUT2D eigenvalue weighted by atomic mass is 9.88. The minimum Gasteiger partial charge on any atom is -0.359 e. The smallest absolute Gasteiger partial charge is 0.0414 e. The lowest BCUT2D eigenvalue weighted by Gasteiger charge is -2.28. The van der Waals surface area contributed by atoms with E-state index in [1.54, 1.807) is 0 Å². The van der Waals surface area contributed by atoms with Gasteiger partial charge < -0.3 is 5.32 Å². The Kier molecular flexibility index (Phi) is 1.40. The average Bonchev–Trinajstić information content (AvgIpc) is 2.89. The van der Waals surface area contributed by atoms with E-state index in [9.17, 15) is 0 Å². The minimum absolute atomic E-state index is 0.417. The number of hydrogen-bond donors (Lipinski definition) is 1. The van der Waals surface area contributed by atoms with Crippen LogP contribution >= 0.6 is 0 Å². The van der Waals surface area contributed by atoms with Crippen molar-refractivity contribution in [2.45, 2.75) is 26.2 Å². The zero-order chi connectivity index (χ0) is 9.76. The highest BCUT2D eigenvalue weighted by molar-refractivity contribution is 5.61. The highest BCUT2D eigenvalue weighted by atomic mass is 14.9. The van der Waals surface area contributed by atoms with E-state index in [1.165, 1.54) is 41.8 Å². The number of fused-ring (bicyclic) bond motifs is 1. The van der Waals surface area contributed by atoms with E-state index in [0.717, 1.165) is 0 Å². The number of hydrogen-bond acceptors (Lipinski definition) is 1. The molecule has 1 N–H and O–H groups in total. The van der Waals surface area contributed by atoms with Crippen molar-refractivity contribution in [3.8, 4) is 0 Å². The Morgan fingerprint density at radius 1 is 1.36 bits per heavy atom. The molecule has 1 saturated carbocycles. The lowest BCUT2D eigenvalue weighted by Crippen LogP contribution is -2.21. The minimum atomic E-state index is 0.417. The number of nitrogens with one attached hydrogen (secondary N) is 1. The van der Waals surface area contributed by atoms with Gasteiger partial charge in [-0.1, -0.05) is 24.3 Å². The number of allylic oxidation sites excluding steroid dienone is 1. The molecule has 1 aromatic carbocycles. The SMILES string of the molecule is C=C1Nc2ccc(C)cc2CC12CC2. The zero-order valence-corrected chi connectivity index (χ0v) is 8.56. The predicted molar refractivity (Wildman–Crippen MR) is 59.3 cm³/mol. The molecule has 0 bridgehead atoms. The molecule has 3 rings (SSSR count). The summed E-state index contributed by atoms with van der Waals surface area (Å²) >= 11 is 0. The van der Waals surface area contributed by atoms with Crippen LogP contribution in [0.1, 0.15) is 24.0 Å². The van der Waals surface area contributed by atoms with E-state index in [1.807, 2.05) is 0 Å². The van der Waals surface area contributed by atoms with E-state index < -0.39 is 0 Å². The van der Waals surface area contributed by atoms with Crippen LogP contribution in [0.5, 0.6) is 0 Å². The Balaban J connectivity index is 2.07. The number of aryl methyl sites for hydroxylation is 1. The molecule has 0 aromatic heterocycles. The van der Waals surface area contributed by atoms with Crippen LogP contribution in [0.15, 0.2) is 30.5 Å². The fraction of sp³-hybridized carbons (Fsp3) is 0.385. The van der Waals surface area contributed by atoms with Crippen LogP contribution in [0.25, 0.3) is 0 Å². The van der Waals surface area contributed by atoms with Crippen molar-refractivity contribution in [2.75, 3.05) is 5.32 Å². The molecule has 0 unspecified atom stereocenters. The summed E-state index contributed by atoms with van der Waals surface area (Å²) in [5, 5.41) is 3.45. The molecule has 72 valence electrons. The van der Waals surface area contributed by atoms with E-state index in [-0.39, 0.29) is 0 Å².